The van der Waals surface area contributed by atoms with Crippen LogP contribution in [0.1, 0.15) is 71.1 Å². The zero-order valence-corrected chi connectivity index (χ0v) is 12.7. The van der Waals surface area contributed by atoms with E-state index in [1.807, 2.05) is 0 Å². The van der Waals surface area contributed by atoms with Gasteiger partial charge >= 0.3 is 0 Å². The van der Waals surface area contributed by atoms with Gasteiger partial charge in [-0.1, -0.05) is 25.7 Å². The maximum absolute atomic E-state index is 3.77. The maximum Gasteiger partial charge on any atom is 0.0252 e. The highest BCUT2D eigenvalue weighted by molar-refractivity contribution is 4.94. The van der Waals surface area contributed by atoms with Crippen molar-refractivity contribution in [2.75, 3.05) is 13.1 Å². The first kappa shape index (κ1) is 13.9. The van der Waals surface area contributed by atoms with Gasteiger partial charge in [-0.3, -0.25) is 4.90 Å². The molecule has 3 fully saturated rings. The lowest BCUT2D eigenvalue weighted by atomic mass is 9.82. The molecule has 1 saturated carbocycles. The van der Waals surface area contributed by atoms with Gasteiger partial charge in [0.15, 0.2) is 0 Å². The Kier molecular flexibility index (Phi) is 4.81. The van der Waals surface area contributed by atoms with Crippen molar-refractivity contribution in [2.45, 2.75) is 89.3 Å². The zero-order chi connectivity index (χ0) is 13.1. The second-order valence-electron chi connectivity index (χ2n) is 7.14. The highest BCUT2D eigenvalue weighted by atomic mass is 15.2. The Balaban J connectivity index is 1.64. The lowest BCUT2D eigenvalue weighted by Gasteiger charge is -2.46. The predicted molar refractivity (Wildman–Crippen MR) is 81.4 cm³/mol. The van der Waals surface area contributed by atoms with Gasteiger partial charge in [-0.15, -0.1) is 0 Å². The molecule has 0 amide bonds. The molecule has 3 atom stereocenters. The number of nitrogens with one attached hydrogen (secondary N) is 1. The minimum Gasteiger partial charge on any atom is -0.312 e. The third-order valence-electron chi connectivity index (χ3n) is 6.01. The van der Waals surface area contributed by atoms with E-state index >= 15 is 0 Å². The molecule has 1 N–H and O–H groups in total. The molecule has 3 unspecified atom stereocenters. The lowest BCUT2D eigenvalue weighted by Crippen LogP contribution is -2.55. The summed E-state index contributed by atoms with van der Waals surface area (Å²) in [5, 5.41) is 3.77. The monoisotopic (exact) mass is 264 g/mol. The first-order chi connectivity index (χ1) is 9.36. The average Bonchev–Trinajstić information content (AvgIpc) is 3.01. The Hall–Kier alpha value is -0.0800. The van der Waals surface area contributed by atoms with Crippen LogP contribution in [0.25, 0.3) is 0 Å². The molecule has 0 aromatic rings. The Labute approximate surface area is 119 Å². The summed E-state index contributed by atoms with van der Waals surface area (Å²) in [5.41, 5.74) is 0. The van der Waals surface area contributed by atoms with Crippen molar-refractivity contribution in [3.05, 3.63) is 0 Å². The van der Waals surface area contributed by atoms with Gasteiger partial charge in [0.05, 0.1) is 0 Å². The van der Waals surface area contributed by atoms with Gasteiger partial charge in [-0.2, -0.15) is 0 Å². The molecule has 0 radical (unpaired) electrons. The molecule has 19 heavy (non-hydrogen) atoms. The van der Waals surface area contributed by atoms with Gasteiger partial charge in [0, 0.05) is 18.1 Å². The standard InChI is InChI=1S/C17H32N2/c1-14(15-8-3-2-4-9-15)19-13-6-5-11-17(19)16-10-7-12-18-16/h14-18H,2-13H2,1H3. The van der Waals surface area contributed by atoms with Gasteiger partial charge in [-0.05, 0) is 64.5 Å². The van der Waals surface area contributed by atoms with E-state index in [0.717, 1.165) is 24.0 Å². The molecular formula is C17H32N2. The minimum absolute atomic E-state index is 0.798. The molecule has 3 rings (SSSR count). The summed E-state index contributed by atoms with van der Waals surface area (Å²) in [6, 6.07) is 2.47. The van der Waals surface area contributed by atoms with E-state index in [2.05, 4.69) is 17.1 Å². The van der Waals surface area contributed by atoms with E-state index in [4.69, 9.17) is 0 Å². The van der Waals surface area contributed by atoms with Crippen LogP contribution < -0.4 is 5.32 Å². The normalized spacial score (nSPS) is 36.5. The van der Waals surface area contributed by atoms with Crippen LogP contribution in [-0.4, -0.2) is 36.1 Å². The van der Waals surface area contributed by atoms with Crippen molar-refractivity contribution >= 4 is 0 Å². The fourth-order valence-electron chi connectivity index (χ4n) is 4.84. The number of rotatable bonds is 3. The SMILES string of the molecule is CC(C1CCCCC1)N1CCCCC1C1CCCN1. The van der Waals surface area contributed by atoms with E-state index in [1.165, 1.54) is 77.3 Å². The van der Waals surface area contributed by atoms with E-state index in [-0.39, 0.29) is 0 Å². The number of hydrogen-bond acceptors (Lipinski definition) is 2. The van der Waals surface area contributed by atoms with Crippen LogP contribution in [0, 0.1) is 5.92 Å². The largest absolute Gasteiger partial charge is 0.312 e. The van der Waals surface area contributed by atoms with Crippen LogP contribution in [0.3, 0.4) is 0 Å². The van der Waals surface area contributed by atoms with E-state index in [9.17, 15) is 0 Å². The highest BCUT2D eigenvalue weighted by Crippen LogP contribution is 2.33. The van der Waals surface area contributed by atoms with E-state index in [0.29, 0.717) is 0 Å². The van der Waals surface area contributed by atoms with Crippen molar-refractivity contribution in [2.24, 2.45) is 5.92 Å². The Bertz CT molecular complexity index is 266. The quantitative estimate of drug-likeness (QED) is 0.838. The van der Waals surface area contributed by atoms with E-state index in [1.54, 1.807) is 0 Å². The van der Waals surface area contributed by atoms with Gasteiger partial charge in [0.1, 0.15) is 0 Å². The van der Waals surface area contributed by atoms with Crippen LogP contribution >= 0.6 is 0 Å². The number of hydrogen-bond donors (Lipinski definition) is 1. The molecule has 2 saturated heterocycles. The summed E-state index contributed by atoms with van der Waals surface area (Å²) in [4.78, 5) is 2.91. The number of likely N-dealkylation sites (tertiary alicyclic amines) is 1. The summed E-state index contributed by atoms with van der Waals surface area (Å²) < 4.78 is 0. The van der Waals surface area contributed by atoms with Crippen LogP contribution in [0.4, 0.5) is 0 Å². The molecule has 2 nitrogen and oxygen atoms in total. The zero-order valence-electron chi connectivity index (χ0n) is 12.7. The first-order valence-electron chi connectivity index (χ1n) is 8.85. The Morgan fingerprint density at radius 2 is 1.68 bits per heavy atom. The van der Waals surface area contributed by atoms with E-state index < -0.39 is 0 Å². The second kappa shape index (κ2) is 6.58. The lowest BCUT2D eigenvalue weighted by molar-refractivity contribution is 0.0424. The first-order valence-corrected chi connectivity index (χ1v) is 8.85. The fourth-order valence-corrected chi connectivity index (χ4v) is 4.84. The maximum atomic E-state index is 3.77. The number of piperidine rings is 1. The van der Waals surface area contributed by atoms with Crippen molar-refractivity contribution < 1.29 is 0 Å². The van der Waals surface area contributed by atoms with Gasteiger partial charge in [0.25, 0.3) is 0 Å². The van der Waals surface area contributed by atoms with Crippen molar-refractivity contribution in [1.82, 2.24) is 10.2 Å². The van der Waals surface area contributed by atoms with Gasteiger partial charge < -0.3 is 5.32 Å². The van der Waals surface area contributed by atoms with Crippen LogP contribution in [0.15, 0.2) is 0 Å². The Morgan fingerprint density at radius 1 is 0.895 bits per heavy atom. The summed E-state index contributed by atoms with van der Waals surface area (Å²) in [7, 11) is 0. The molecule has 110 valence electrons. The molecule has 0 bridgehead atoms. The molecule has 2 heteroatoms. The van der Waals surface area contributed by atoms with Crippen LogP contribution in [0.5, 0.6) is 0 Å². The Morgan fingerprint density at radius 3 is 2.42 bits per heavy atom. The topological polar surface area (TPSA) is 15.3 Å². The fraction of sp³-hybridized carbons (Fsp3) is 1.00. The van der Waals surface area contributed by atoms with Crippen molar-refractivity contribution in [3.8, 4) is 0 Å². The van der Waals surface area contributed by atoms with Crippen molar-refractivity contribution in [3.63, 3.8) is 0 Å². The predicted octanol–water partition coefficient (Wildman–Crippen LogP) is 3.56. The summed E-state index contributed by atoms with van der Waals surface area (Å²) in [5.74, 6) is 0.982. The molecule has 0 aromatic carbocycles. The molecular weight excluding hydrogens is 232 g/mol. The molecule has 1 aliphatic carbocycles. The third-order valence-corrected chi connectivity index (χ3v) is 6.01. The number of nitrogens with zero attached hydrogens (tertiary/aromatic N) is 1. The molecule has 0 spiro atoms. The summed E-state index contributed by atoms with van der Waals surface area (Å²) in [6.07, 6.45) is 14.6. The van der Waals surface area contributed by atoms with Crippen molar-refractivity contribution in [1.29, 1.82) is 0 Å². The summed E-state index contributed by atoms with van der Waals surface area (Å²) >= 11 is 0. The van der Waals surface area contributed by atoms with Crippen LogP contribution in [0.2, 0.25) is 0 Å². The van der Waals surface area contributed by atoms with Gasteiger partial charge in [0.2, 0.25) is 0 Å². The molecule has 0 aromatic heterocycles. The molecule has 2 aliphatic heterocycles. The average molecular weight is 264 g/mol. The van der Waals surface area contributed by atoms with Gasteiger partial charge in [-0.25, -0.2) is 0 Å². The minimum atomic E-state index is 0.798. The summed E-state index contributed by atoms with van der Waals surface area (Å²) in [6.45, 7) is 5.15. The highest BCUT2D eigenvalue weighted by Gasteiger charge is 2.36. The second-order valence-corrected chi connectivity index (χ2v) is 7.14. The third kappa shape index (κ3) is 3.16. The smallest absolute Gasteiger partial charge is 0.0252 e. The molecule has 2 heterocycles. The van der Waals surface area contributed by atoms with Crippen LogP contribution in [-0.2, 0) is 0 Å². The molecule has 3 aliphatic rings.